The van der Waals surface area contributed by atoms with Gasteiger partial charge in [0, 0.05) is 0 Å². The molecular formula is C13H18F3NO2S. The molecule has 4 aliphatic carbocycles. The van der Waals surface area contributed by atoms with Gasteiger partial charge in [0.2, 0.25) is 0 Å². The van der Waals surface area contributed by atoms with Gasteiger partial charge in [-0.05, 0) is 56.5 Å². The quantitative estimate of drug-likeness (QED) is 0.862. The van der Waals surface area contributed by atoms with E-state index in [9.17, 15) is 21.6 Å². The van der Waals surface area contributed by atoms with Crippen LogP contribution in [0.4, 0.5) is 13.2 Å². The minimum atomic E-state index is -4.38. The van der Waals surface area contributed by atoms with Gasteiger partial charge in [0.15, 0.2) is 9.84 Å². The zero-order valence-corrected chi connectivity index (χ0v) is 11.9. The fourth-order valence-electron chi connectivity index (χ4n) is 4.43. The van der Waals surface area contributed by atoms with Gasteiger partial charge < -0.3 is 5.32 Å². The van der Waals surface area contributed by atoms with Crippen LogP contribution in [0.25, 0.3) is 0 Å². The minimum Gasteiger partial charge on any atom is -0.316 e. The van der Waals surface area contributed by atoms with Gasteiger partial charge in [-0.3, -0.25) is 0 Å². The van der Waals surface area contributed by atoms with E-state index in [1.807, 2.05) is 0 Å². The first-order valence-electron chi connectivity index (χ1n) is 7.14. The highest BCUT2D eigenvalue weighted by molar-refractivity contribution is 7.93. The fraction of sp³-hybridized carbons (Fsp3) is 1.00. The molecule has 0 radical (unpaired) electrons. The number of hydrogen-bond acceptors (Lipinski definition) is 3. The van der Waals surface area contributed by atoms with Crippen LogP contribution in [0.15, 0.2) is 0 Å². The first-order valence-corrected chi connectivity index (χ1v) is 8.79. The molecule has 114 valence electrons. The van der Waals surface area contributed by atoms with E-state index in [0.29, 0.717) is 25.2 Å². The number of rotatable bonds is 4. The van der Waals surface area contributed by atoms with Gasteiger partial charge in [0.05, 0.1) is 15.9 Å². The van der Waals surface area contributed by atoms with Gasteiger partial charge >= 0.3 is 6.18 Å². The molecule has 5 aliphatic rings. The number of sulfone groups is 1. The number of halogens is 3. The molecule has 0 spiro atoms. The van der Waals surface area contributed by atoms with Gasteiger partial charge in [-0.15, -0.1) is 0 Å². The molecule has 0 aromatic rings. The average molecular weight is 309 g/mol. The highest BCUT2D eigenvalue weighted by Crippen LogP contribution is 2.75. The highest BCUT2D eigenvalue weighted by Gasteiger charge is 2.77. The summed E-state index contributed by atoms with van der Waals surface area (Å²) in [6.45, 7) is 1.87. The van der Waals surface area contributed by atoms with Crippen molar-refractivity contribution < 1.29 is 21.6 Å². The molecule has 0 aromatic carbocycles. The molecule has 1 aliphatic heterocycles. The predicted octanol–water partition coefficient (Wildman–Crippen LogP) is 1.89. The molecule has 2 bridgehead atoms. The van der Waals surface area contributed by atoms with Crippen LogP contribution in [0.2, 0.25) is 0 Å². The van der Waals surface area contributed by atoms with Crippen molar-refractivity contribution in [1.29, 1.82) is 0 Å². The Kier molecular flexibility index (Phi) is 2.25. The topological polar surface area (TPSA) is 46.2 Å². The van der Waals surface area contributed by atoms with Crippen molar-refractivity contribution >= 4 is 9.84 Å². The van der Waals surface area contributed by atoms with Crippen LogP contribution in [0.1, 0.15) is 32.1 Å². The summed E-state index contributed by atoms with van der Waals surface area (Å²) >= 11 is 0. The summed E-state index contributed by atoms with van der Waals surface area (Å²) in [5.74, 6) is -0.139. The summed E-state index contributed by atoms with van der Waals surface area (Å²) in [6.07, 6.45) is -2.62. The van der Waals surface area contributed by atoms with Crippen molar-refractivity contribution in [3.05, 3.63) is 0 Å². The molecule has 3 nitrogen and oxygen atoms in total. The predicted molar refractivity (Wildman–Crippen MR) is 66.9 cm³/mol. The number of nitrogens with one attached hydrogen (secondary N) is 1. The molecule has 1 saturated heterocycles. The van der Waals surface area contributed by atoms with Gasteiger partial charge in [-0.2, -0.15) is 13.2 Å². The van der Waals surface area contributed by atoms with Crippen LogP contribution in [0, 0.1) is 16.7 Å². The van der Waals surface area contributed by atoms with E-state index in [1.165, 1.54) is 0 Å². The van der Waals surface area contributed by atoms with Gasteiger partial charge in [0.25, 0.3) is 0 Å². The van der Waals surface area contributed by atoms with E-state index in [4.69, 9.17) is 0 Å². The molecule has 1 heterocycles. The SMILES string of the molecule is O=S(=O)(CC1(C(F)(F)F)CC1)C12CC(C3CNC3)(C1)C2. The van der Waals surface area contributed by atoms with Crippen LogP contribution >= 0.6 is 0 Å². The maximum atomic E-state index is 12.9. The normalized spacial score (nSPS) is 42.4. The van der Waals surface area contributed by atoms with E-state index >= 15 is 0 Å². The molecule has 20 heavy (non-hydrogen) atoms. The molecule has 4 saturated carbocycles. The first-order chi connectivity index (χ1) is 9.14. The van der Waals surface area contributed by atoms with Crippen LogP contribution in [-0.2, 0) is 9.84 Å². The standard InChI is InChI=1S/C13H18F3NO2S/c14-13(15,16)11(1-2-11)8-20(18,19)12-5-10(6-12,7-12)9-3-17-4-9/h9,17H,1-8H2. The van der Waals surface area contributed by atoms with Crippen LogP contribution in [0.3, 0.4) is 0 Å². The lowest BCUT2D eigenvalue weighted by Crippen LogP contribution is -2.77. The van der Waals surface area contributed by atoms with Crippen LogP contribution in [-0.4, -0.2) is 38.2 Å². The van der Waals surface area contributed by atoms with E-state index < -0.39 is 31.9 Å². The van der Waals surface area contributed by atoms with Gasteiger partial charge in [-0.1, -0.05) is 0 Å². The lowest BCUT2D eigenvalue weighted by atomic mass is 9.38. The molecule has 0 atom stereocenters. The summed E-state index contributed by atoms with van der Waals surface area (Å²) in [6, 6.07) is 0. The van der Waals surface area contributed by atoms with Gasteiger partial charge in [-0.25, -0.2) is 8.42 Å². The maximum Gasteiger partial charge on any atom is 0.395 e. The number of alkyl halides is 3. The summed E-state index contributed by atoms with van der Waals surface area (Å²) in [7, 11) is -3.63. The largest absolute Gasteiger partial charge is 0.395 e. The lowest BCUT2D eigenvalue weighted by molar-refractivity contribution is -0.181. The molecule has 5 rings (SSSR count). The minimum absolute atomic E-state index is 0.0243. The van der Waals surface area contributed by atoms with Crippen molar-refractivity contribution in [1.82, 2.24) is 5.32 Å². The van der Waals surface area contributed by atoms with Crippen molar-refractivity contribution in [3.8, 4) is 0 Å². The summed E-state index contributed by atoms with van der Waals surface area (Å²) in [5, 5.41) is 3.18. The van der Waals surface area contributed by atoms with Crippen molar-refractivity contribution in [2.45, 2.75) is 43.0 Å². The zero-order valence-electron chi connectivity index (χ0n) is 11.1. The van der Waals surface area contributed by atoms with Gasteiger partial charge in [0.1, 0.15) is 0 Å². The van der Waals surface area contributed by atoms with Crippen LogP contribution < -0.4 is 5.32 Å². The zero-order chi connectivity index (χ0) is 14.4. The van der Waals surface area contributed by atoms with E-state index in [0.717, 1.165) is 13.1 Å². The second-order valence-electron chi connectivity index (χ2n) is 7.47. The van der Waals surface area contributed by atoms with Crippen LogP contribution in [0.5, 0.6) is 0 Å². The Hall–Kier alpha value is -0.300. The third kappa shape index (κ3) is 1.43. The Morgan fingerprint density at radius 1 is 1.10 bits per heavy atom. The molecule has 0 amide bonds. The summed E-state index contributed by atoms with van der Waals surface area (Å²) < 4.78 is 62.9. The van der Waals surface area contributed by atoms with E-state index in [-0.39, 0.29) is 18.3 Å². The van der Waals surface area contributed by atoms with Crippen molar-refractivity contribution in [3.63, 3.8) is 0 Å². The highest BCUT2D eigenvalue weighted by atomic mass is 32.2. The summed E-state index contributed by atoms with van der Waals surface area (Å²) in [4.78, 5) is 0. The second kappa shape index (κ2) is 3.37. The molecular weight excluding hydrogens is 291 g/mol. The average Bonchev–Trinajstić information content (AvgIpc) is 2.83. The second-order valence-corrected chi connectivity index (χ2v) is 9.85. The Bertz CT molecular complexity index is 541. The molecule has 0 unspecified atom stereocenters. The maximum absolute atomic E-state index is 12.9. The van der Waals surface area contributed by atoms with Crippen molar-refractivity contribution in [2.24, 2.45) is 16.7 Å². The Labute approximate surface area is 116 Å². The number of hydrogen-bond donors (Lipinski definition) is 1. The van der Waals surface area contributed by atoms with Crippen molar-refractivity contribution in [2.75, 3.05) is 18.8 Å². The molecule has 1 N–H and O–H groups in total. The molecule has 0 aromatic heterocycles. The Morgan fingerprint density at radius 3 is 2.00 bits per heavy atom. The summed E-state index contributed by atoms with van der Waals surface area (Å²) in [5.41, 5.74) is -1.79. The Balaban J connectivity index is 1.48. The first kappa shape index (κ1) is 13.4. The van der Waals surface area contributed by atoms with E-state index in [2.05, 4.69) is 5.32 Å². The van der Waals surface area contributed by atoms with E-state index in [1.54, 1.807) is 0 Å². The smallest absolute Gasteiger partial charge is 0.316 e. The Morgan fingerprint density at radius 2 is 1.65 bits per heavy atom. The monoisotopic (exact) mass is 309 g/mol. The third-order valence-electron chi connectivity index (χ3n) is 6.25. The molecule has 7 heteroatoms. The fourth-order valence-corrected chi connectivity index (χ4v) is 7.44. The molecule has 5 fully saturated rings. The third-order valence-corrected chi connectivity index (χ3v) is 8.94. The lowest BCUT2D eigenvalue weighted by Gasteiger charge is -2.73.